The molecular formula is C24H30Cl2N2O2S. The van der Waals surface area contributed by atoms with Gasteiger partial charge in [-0.05, 0) is 50.1 Å². The Balaban J connectivity index is 2.08. The number of carbonyl (C=O) groups is 2. The third-order valence-electron chi connectivity index (χ3n) is 4.96. The van der Waals surface area contributed by atoms with Gasteiger partial charge in [0, 0.05) is 40.2 Å². The first kappa shape index (κ1) is 25.6. The first-order chi connectivity index (χ1) is 14.8. The van der Waals surface area contributed by atoms with Crippen LogP contribution >= 0.6 is 35.0 Å². The van der Waals surface area contributed by atoms with Gasteiger partial charge in [-0.2, -0.15) is 0 Å². The van der Waals surface area contributed by atoms with Crippen molar-refractivity contribution in [3.05, 3.63) is 63.6 Å². The van der Waals surface area contributed by atoms with Gasteiger partial charge in [-0.15, -0.1) is 11.8 Å². The van der Waals surface area contributed by atoms with Gasteiger partial charge in [0.1, 0.15) is 6.04 Å². The third kappa shape index (κ3) is 8.40. The zero-order chi connectivity index (χ0) is 22.8. The molecule has 0 radical (unpaired) electrons. The van der Waals surface area contributed by atoms with Crippen molar-refractivity contribution in [3.63, 3.8) is 0 Å². The number of hydrogen-bond acceptors (Lipinski definition) is 3. The molecule has 0 saturated carbocycles. The van der Waals surface area contributed by atoms with Gasteiger partial charge in [0.2, 0.25) is 11.8 Å². The highest BCUT2D eigenvalue weighted by Gasteiger charge is 2.26. The average Bonchev–Trinajstić information content (AvgIpc) is 2.74. The fourth-order valence-corrected chi connectivity index (χ4v) is 4.30. The fourth-order valence-electron chi connectivity index (χ4n) is 2.99. The van der Waals surface area contributed by atoms with Crippen LogP contribution < -0.4 is 5.32 Å². The molecule has 2 aromatic carbocycles. The minimum absolute atomic E-state index is 0.0798. The van der Waals surface area contributed by atoms with E-state index in [2.05, 4.69) is 36.5 Å². The molecule has 0 bridgehead atoms. The fraction of sp³-hybridized carbons (Fsp3) is 0.417. The lowest BCUT2D eigenvalue weighted by molar-refractivity contribution is -0.140. The predicted molar refractivity (Wildman–Crippen MR) is 131 cm³/mol. The first-order valence-electron chi connectivity index (χ1n) is 10.5. The molecule has 0 saturated heterocycles. The maximum atomic E-state index is 13.1. The van der Waals surface area contributed by atoms with E-state index in [-0.39, 0.29) is 18.4 Å². The zero-order valence-electron chi connectivity index (χ0n) is 18.3. The second kappa shape index (κ2) is 13.0. The molecule has 0 heterocycles. The normalized spacial score (nSPS) is 11.8. The van der Waals surface area contributed by atoms with Gasteiger partial charge < -0.3 is 10.2 Å². The van der Waals surface area contributed by atoms with Crippen LogP contribution in [0.1, 0.15) is 44.2 Å². The van der Waals surface area contributed by atoms with Crippen molar-refractivity contribution < 1.29 is 9.59 Å². The van der Waals surface area contributed by atoms with Gasteiger partial charge in [-0.3, -0.25) is 9.59 Å². The number of amides is 2. The summed E-state index contributed by atoms with van der Waals surface area (Å²) in [6.07, 6.45) is 2.23. The van der Waals surface area contributed by atoms with Crippen LogP contribution in [0.2, 0.25) is 10.0 Å². The van der Waals surface area contributed by atoms with Gasteiger partial charge in [-0.1, -0.05) is 60.3 Å². The molecule has 0 aliphatic heterocycles. The van der Waals surface area contributed by atoms with Gasteiger partial charge >= 0.3 is 0 Å². The number of unbranched alkanes of at least 4 members (excludes halogenated alkanes) is 1. The Labute approximate surface area is 199 Å². The summed E-state index contributed by atoms with van der Waals surface area (Å²) in [4.78, 5) is 28.5. The van der Waals surface area contributed by atoms with E-state index in [4.69, 9.17) is 23.2 Å². The Morgan fingerprint density at radius 1 is 1.13 bits per heavy atom. The summed E-state index contributed by atoms with van der Waals surface area (Å²) in [5.74, 6) is 0.401. The van der Waals surface area contributed by atoms with Crippen molar-refractivity contribution in [2.75, 3.05) is 12.3 Å². The molecule has 0 fully saturated rings. The first-order valence-corrected chi connectivity index (χ1v) is 12.3. The molecule has 2 aromatic rings. The molecule has 168 valence electrons. The van der Waals surface area contributed by atoms with Crippen LogP contribution in [0.25, 0.3) is 0 Å². The second-order valence-corrected chi connectivity index (χ2v) is 9.50. The van der Waals surface area contributed by atoms with E-state index < -0.39 is 6.04 Å². The number of rotatable bonds is 11. The number of nitrogens with zero attached hydrogens (tertiary/aromatic N) is 1. The lowest BCUT2D eigenvalue weighted by Crippen LogP contribution is -2.47. The van der Waals surface area contributed by atoms with Gasteiger partial charge in [0.15, 0.2) is 0 Å². The van der Waals surface area contributed by atoms with E-state index in [1.54, 1.807) is 41.8 Å². The number of thioether (sulfide) groups is 1. The summed E-state index contributed by atoms with van der Waals surface area (Å²) in [5.41, 5.74) is 1.97. The van der Waals surface area contributed by atoms with Crippen LogP contribution in [-0.4, -0.2) is 35.1 Å². The highest BCUT2D eigenvalue weighted by molar-refractivity contribution is 7.99. The van der Waals surface area contributed by atoms with E-state index in [0.29, 0.717) is 28.8 Å². The van der Waals surface area contributed by atoms with Crippen LogP contribution in [0, 0.1) is 6.92 Å². The maximum Gasteiger partial charge on any atom is 0.242 e. The summed E-state index contributed by atoms with van der Waals surface area (Å²) in [6, 6.07) is 12.8. The lowest BCUT2D eigenvalue weighted by atomic mass is 10.1. The van der Waals surface area contributed by atoms with E-state index in [9.17, 15) is 9.59 Å². The molecule has 2 rings (SSSR count). The molecule has 31 heavy (non-hydrogen) atoms. The Morgan fingerprint density at radius 3 is 2.48 bits per heavy atom. The molecular weight excluding hydrogens is 451 g/mol. The van der Waals surface area contributed by atoms with Crippen molar-refractivity contribution in [3.8, 4) is 0 Å². The van der Waals surface area contributed by atoms with Crippen molar-refractivity contribution >= 4 is 46.8 Å². The molecule has 1 atom stereocenters. The smallest absolute Gasteiger partial charge is 0.242 e. The summed E-state index contributed by atoms with van der Waals surface area (Å²) < 4.78 is 0. The number of halogens is 2. The van der Waals surface area contributed by atoms with Gasteiger partial charge in [0.05, 0.1) is 0 Å². The minimum Gasteiger partial charge on any atom is -0.354 e. The van der Waals surface area contributed by atoms with Crippen molar-refractivity contribution in [1.29, 1.82) is 0 Å². The topological polar surface area (TPSA) is 49.4 Å². The Bertz CT molecular complexity index is 874. The molecule has 0 spiro atoms. The van der Waals surface area contributed by atoms with Crippen molar-refractivity contribution in [2.24, 2.45) is 0 Å². The molecule has 0 aromatic heterocycles. The third-order valence-corrected chi connectivity index (χ3v) is 6.56. The molecule has 0 aliphatic rings. The lowest BCUT2D eigenvalue weighted by Gasteiger charge is -2.29. The number of aryl methyl sites for hydroxylation is 1. The SMILES string of the molecule is CCCCNC(=O)[C@H](C)N(Cc1ccc(Cl)cc1Cl)C(=O)CCSc1ccc(C)cc1. The van der Waals surface area contributed by atoms with Gasteiger partial charge in [-0.25, -0.2) is 0 Å². The number of carbonyl (C=O) groups excluding carboxylic acids is 2. The Kier molecular flexibility index (Phi) is 10.7. The Morgan fingerprint density at radius 2 is 1.84 bits per heavy atom. The highest BCUT2D eigenvalue weighted by Crippen LogP contribution is 2.24. The predicted octanol–water partition coefficient (Wildman–Crippen LogP) is 6.12. The number of hydrogen-bond donors (Lipinski definition) is 1. The van der Waals surface area contributed by atoms with Crippen LogP contribution in [0.4, 0.5) is 0 Å². The monoisotopic (exact) mass is 480 g/mol. The van der Waals surface area contributed by atoms with Crippen LogP contribution in [-0.2, 0) is 16.1 Å². The molecule has 2 amide bonds. The molecule has 7 heteroatoms. The molecule has 1 N–H and O–H groups in total. The minimum atomic E-state index is -0.597. The maximum absolute atomic E-state index is 13.1. The van der Waals surface area contributed by atoms with Crippen LogP contribution in [0.3, 0.4) is 0 Å². The van der Waals surface area contributed by atoms with Crippen LogP contribution in [0.15, 0.2) is 47.4 Å². The van der Waals surface area contributed by atoms with E-state index in [1.807, 2.05) is 6.92 Å². The summed E-state index contributed by atoms with van der Waals surface area (Å²) in [7, 11) is 0. The molecule has 0 aliphatic carbocycles. The molecule has 0 unspecified atom stereocenters. The Hall–Kier alpha value is -1.69. The number of benzene rings is 2. The van der Waals surface area contributed by atoms with E-state index in [0.717, 1.165) is 23.3 Å². The summed E-state index contributed by atoms with van der Waals surface area (Å²) >= 11 is 14.0. The summed E-state index contributed by atoms with van der Waals surface area (Å²) in [6.45, 7) is 6.74. The highest BCUT2D eigenvalue weighted by atomic mass is 35.5. The number of nitrogens with one attached hydrogen (secondary N) is 1. The summed E-state index contributed by atoms with van der Waals surface area (Å²) in [5, 5.41) is 3.94. The average molecular weight is 481 g/mol. The van der Waals surface area contributed by atoms with Crippen molar-refractivity contribution in [1.82, 2.24) is 10.2 Å². The van der Waals surface area contributed by atoms with Crippen molar-refractivity contribution in [2.45, 2.75) is 57.5 Å². The largest absolute Gasteiger partial charge is 0.354 e. The zero-order valence-corrected chi connectivity index (χ0v) is 20.6. The quantitative estimate of drug-likeness (QED) is 0.311. The van der Waals surface area contributed by atoms with Crippen LogP contribution in [0.5, 0.6) is 0 Å². The second-order valence-electron chi connectivity index (χ2n) is 7.49. The standard InChI is InChI=1S/C24H30Cl2N2O2S/c1-4-5-13-27-24(30)18(3)28(16-19-8-9-20(25)15-22(19)26)23(29)12-14-31-21-10-6-17(2)7-11-21/h6-11,15,18H,4-5,12-14,16H2,1-3H3,(H,27,30)/t18-/m0/s1. The van der Waals surface area contributed by atoms with E-state index in [1.165, 1.54) is 5.56 Å². The molecule has 4 nitrogen and oxygen atoms in total. The van der Waals surface area contributed by atoms with E-state index >= 15 is 0 Å². The van der Waals surface area contributed by atoms with Gasteiger partial charge in [0.25, 0.3) is 0 Å².